The number of pyridine rings is 1. The second-order valence-electron chi connectivity index (χ2n) is 4.97. The number of fused-ring (bicyclic) bond motifs is 5. The van der Waals surface area contributed by atoms with Gasteiger partial charge in [0.05, 0.1) is 11.3 Å². The third-order valence-electron chi connectivity index (χ3n) is 3.79. The number of aromatic nitrogens is 1. The van der Waals surface area contributed by atoms with E-state index in [0.29, 0.717) is 27.6 Å². The monoisotopic (exact) mass is 279 g/mol. The Hall–Kier alpha value is -3.08. The topological polar surface area (TPSA) is 90.4 Å². The Labute approximate surface area is 118 Å². The highest BCUT2D eigenvalue weighted by molar-refractivity contribution is 6.26. The van der Waals surface area contributed by atoms with Gasteiger partial charge < -0.3 is 15.2 Å². The number of phenols is 2. The minimum absolute atomic E-state index is 0.271. The summed E-state index contributed by atoms with van der Waals surface area (Å²) in [6.07, 6.45) is 0. The third kappa shape index (κ3) is 1.40. The molecule has 3 N–H and O–H groups in total. The summed E-state index contributed by atoms with van der Waals surface area (Å²) >= 11 is 0. The van der Waals surface area contributed by atoms with Crippen LogP contribution in [0.1, 0.15) is 15.9 Å². The van der Waals surface area contributed by atoms with Crippen molar-refractivity contribution in [2.24, 2.45) is 0 Å². The Kier molecular flexibility index (Phi) is 2.08. The molecular weight excluding hydrogens is 270 g/mol. The lowest BCUT2D eigenvalue weighted by Crippen LogP contribution is -2.09. The number of carbonyl (C=O) groups excluding carboxylic acids is 1. The van der Waals surface area contributed by atoms with E-state index in [1.165, 1.54) is 12.1 Å². The van der Waals surface area contributed by atoms with Gasteiger partial charge >= 0.3 is 0 Å². The molecule has 5 nitrogen and oxygen atoms in total. The van der Waals surface area contributed by atoms with Crippen molar-refractivity contribution in [3.05, 3.63) is 57.9 Å². The van der Waals surface area contributed by atoms with Crippen LogP contribution < -0.4 is 5.56 Å². The molecule has 0 bridgehead atoms. The van der Waals surface area contributed by atoms with E-state index in [0.717, 1.165) is 0 Å². The molecular formula is C16H9NO4. The molecule has 0 saturated carbocycles. The van der Waals surface area contributed by atoms with Gasteiger partial charge in [-0.15, -0.1) is 0 Å². The number of benzene rings is 2. The number of aromatic amines is 1. The van der Waals surface area contributed by atoms with Gasteiger partial charge in [-0.05, 0) is 18.2 Å². The predicted octanol–water partition coefficient (Wildman–Crippen LogP) is 2.15. The average molecular weight is 279 g/mol. The van der Waals surface area contributed by atoms with Gasteiger partial charge in [0.25, 0.3) is 5.56 Å². The third-order valence-corrected chi connectivity index (χ3v) is 3.79. The molecule has 0 radical (unpaired) electrons. The van der Waals surface area contributed by atoms with Gasteiger partial charge in [0.2, 0.25) is 0 Å². The number of nitrogens with one attached hydrogen (secondary N) is 1. The van der Waals surface area contributed by atoms with Crippen LogP contribution in [0.15, 0.2) is 41.2 Å². The van der Waals surface area contributed by atoms with Crippen LogP contribution in [0.2, 0.25) is 0 Å². The molecule has 0 saturated heterocycles. The van der Waals surface area contributed by atoms with Crippen LogP contribution in [0.5, 0.6) is 11.5 Å². The fourth-order valence-electron chi connectivity index (χ4n) is 2.82. The highest BCUT2D eigenvalue weighted by atomic mass is 16.3. The summed E-state index contributed by atoms with van der Waals surface area (Å²) in [6, 6.07) is 9.37. The van der Waals surface area contributed by atoms with Crippen LogP contribution >= 0.6 is 0 Å². The Balaban J connectivity index is 2.20. The lowest BCUT2D eigenvalue weighted by Gasteiger charge is -2.04. The zero-order chi connectivity index (χ0) is 14.7. The highest BCUT2D eigenvalue weighted by Crippen LogP contribution is 2.42. The van der Waals surface area contributed by atoms with Gasteiger partial charge in [-0.3, -0.25) is 9.59 Å². The molecule has 0 unspecified atom stereocenters. The molecule has 0 atom stereocenters. The molecule has 1 aromatic heterocycles. The van der Waals surface area contributed by atoms with Crippen molar-refractivity contribution in [1.29, 1.82) is 0 Å². The molecule has 5 heteroatoms. The number of aromatic hydroxyl groups is 2. The number of hydrogen-bond acceptors (Lipinski definition) is 4. The van der Waals surface area contributed by atoms with E-state index >= 15 is 0 Å². The number of phenolic OH excluding ortho intramolecular Hbond substituents is 2. The van der Waals surface area contributed by atoms with Gasteiger partial charge in [0, 0.05) is 21.9 Å². The molecule has 1 aliphatic carbocycles. The number of ketones is 1. The van der Waals surface area contributed by atoms with Gasteiger partial charge in [0.1, 0.15) is 0 Å². The molecule has 3 aromatic rings. The Bertz CT molecular complexity index is 1000. The second kappa shape index (κ2) is 3.73. The molecule has 4 rings (SSSR count). The highest BCUT2D eigenvalue weighted by Gasteiger charge is 2.31. The lowest BCUT2D eigenvalue weighted by molar-refractivity contribution is 0.104. The minimum Gasteiger partial charge on any atom is -0.504 e. The summed E-state index contributed by atoms with van der Waals surface area (Å²) in [6.45, 7) is 0. The van der Waals surface area contributed by atoms with Crippen LogP contribution in [-0.4, -0.2) is 21.0 Å². The predicted molar refractivity (Wildman–Crippen MR) is 76.8 cm³/mol. The summed E-state index contributed by atoms with van der Waals surface area (Å²) in [4.78, 5) is 27.4. The fraction of sp³-hybridized carbons (Fsp3) is 0. The Morgan fingerprint density at radius 3 is 2.19 bits per heavy atom. The first-order valence-electron chi connectivity index (χ1n) is 6.34. The first kappa shape index (κ1) is 11.7. The zero-order valence-electron chi connectivity index (χ0n) is 10.7. The van der Waals surface area contributed by atoms with E-state index in [-0.39, 0.29) is 28.4 Å². The van der Waals surface area contributed by atoms with Crippen molar-refractivity contribution in [3.8, 4) is 22.8 Å². The maximum Gasteiger partial charge on any atom is 0.256 e. The van der Waals surface area contributed by atoms with Crippen molar-refractivity contribution in [2.75, 3.05) is 0 Å². The SMILES string of the molecule is O=C1c2cc(O)c(O)cc2-c2[nH]c(=O)c3ccccc3c21. The van der Waals surface area contributed by atoms with Crippen molar-refractivity contribution in [3.63, 3.8) is 0 Å². The van der Waals surface area contributed by atoms with Crippen molar-refractivity contribution in [1.82, 2.24) is 4.98 Å². The number of rotatable bonds is 0. The normalized spacial score (nSPS) is 12.5. The summed E-state index contributed by atoms with van der Waals surface area (Å²) < 4.78 is 0. The molecule has 1 heterocycles. The van der Waals surface area contributed by atoms with Gasteiger partial charge in [-0.1, -0.05) is 18.2 Å². The maximum atomic E-state index is 12.6. The molecule has 0 aliphatic heterocycles. The smallest absolute Gasteiger partial charge is 0.256 e. The van der Waals surface area contributed by atoms with Crippen molar-refractivity contribution in [2.45, 2.75) is 0 Å². The number of hydrogen-bond donors (Lipinski definition) is 3. The first-order chi connectivity index (χ1) is 10.1. The summed E-state index contributed by atoms with van der Waals surface area (Å²) in [5.41, 5.74) is 1.18. The summed E-state index contributed by atoms with van der Waals surface area (Å²) in [7, 11) is 0. The van der Waals surface area contributed by atoms with E-state index in [9.17, 15) is 19.8 Å². The standard InChI is InChI=1S/C16H9NO4/c18-11-5-9-10(6-12(11)19)15(20)13-7-3-1-2-4-8(7)16(21)17-14(9)13/h1-6,18-19H,(H,17,21). The summed E-state index contributed by atoms with van der Waals surface area (Å²) in [5, 5.41) is 20.2. The quantitative estimate of drug-likeness (QED) is 0.430. The molecule has 1 aliphatic rings. The Morgan fingerprint density at radius 1 is 0.857 bits per heavy atom. The van der Waals surface area contributed by atoms with Crippen molar-refractivity contribution >= 4 is 16.6 Å². The maximum absolute atomic E-state index is 12.6. The largest absolute Gasteiger partial charge is 0.504 e. The summed E-state index contributed by atoms with van der Waals surface area (Å²) in [5.74, 6) is -0.965. The molecule has 21 heavy (non-hydrogen) atoms. The lowest BCUT2D eigenvalue weighted by atomic mass is 10.0. The molecule has 2 aromatic carbocycles. The second-order valence-corrected chi connectivity index (χ2v) is 4.97. The first-order valence-corrected chi connectivity index (χ1v) is 6.34. The van der Waals surface area contributed by atoms with Crippen LogP contribution in [-0.2, 0) is 0 Å². The van der Waals surface area contributed by atoms with Gasteiger partial charge in [-0.2, -0.15) is 0 Å². The van der Waals surface area contributed by atoms with Crippen LogP contribution in [0.25, 0.3) is 22.0 Å². The van der Waals surface area contributed by atoms with E-state index in [2.05, 4.69) is 4.98 Å². The molecule has 0 spiro atoms. The van der Waals surface area contributed by atoms with Crippen LogP contribution in [0.3, 0.4) is 0 Å². The Morgan fingerprint density at radius 2 is 1.48 bits per heavy atom. The average Bonchev–Trinajstić information content (AvgIpc) is 2.73. The molecule has 0 fully saturated rings. The van der Waals surface area contributed by atoms with E-state index in [1.54, 1.807) is 24.3 Å². The molecule has 0 amide bonds. The van der Waals surface area contributed by atoms with E-state index < -0.39 is 0 Å². The van der Waals surface area contributed by atoms with Crippen molar-refractivity contribution < 1.29 is 15.0 Å². The van der Waals surface area contributed by atoms with E-state index in [4.69, 9.17) is 0 Å². The van der Waals surface area contributed by atoms with E-state index in [1.807, 2.05) is 0 Å². The zero-order valence-corrected chi connectivity index (χ0v) is 10.7. The van der Waals surface area contributed by atoms with Crippen LogP contribution in [0, 0.1) is 0 Å². The number of H-pyrrole nitrogens is 1. The van der Waals surface area contributed by atoms with Gasteiger partial charge in [-0.25, -0.2) is 0 Å². The van der Waals surface area contributed by atoms with Gasteiger partial charge in [0.15, 0.2) is 17.3 Å². The minimum atomic E-state index is -0.360. The number of carbonyl (C=O) groups is 1. The molecule has 102 valence electrons. The van der Waals surface area contributed by atoms with Crippen LogP contribution in [0.4, 0.5) is 0 Å². The fourth-order valence-corrected chi connectivity index (χ4v) is 2.82.